The molecule has 3 nitrogen and oxygen atoms in total. The fourth-order valence-electron chi connectivity index (χ4n) is 1.21. The van der Waals surface area contributed by atoms with Gasteiger partial charge in [-0.2, -0.15) is 13.2 Å². The number of primary amides is 1. The number of halogens is 3. The molecule has 2 aromatic heterocycles. The number of alkyl halides is 3. The maximum absolute atomic E-state index is 12.4. The lowest BCUT2D eigenvalue weighted by molar-refractivity contribution is -0.134. The van der Waals surface area contributed by atoms with E-state index in [2.05, 4.69) is 4.98 Å². The van der Waals surface area contributed by atoms with Gasteiger partial charge in [0.25, 0.3) is 0 Å². The van der Waals surface area contributed by atoms with E-state index in [9.17, 15) is 18.0 Å². The van der Waals surface area contributed by atoms with Crippen LogP contribution in [0.15, 0.2) is 18.3 Å². The van der Waals surface area contributed by atoms with Crippen LogP contribution in [-0.4, -0.2) is 10.9 Å². The molecular weight excluding hydrogens is 241 g/mol. The third-order valence-electron chi connectivity index (χ3n) is 1.94. The van der Waals surface area contributed by atoms with E-state index in [1.165, 1.54) is 12.3 Å². The van der Waals surface area contributed by atoms with Crippen molar-refractivity contribution in [1.82, 2.24) is 4.98 Å². The minimum atomic E-state index is -4.39. The number of rotatable bonds is 1. The normalized spacial score (nSPS) is 11.9. The second kappa shape index (κ2) is 3.44. The Kier molecular flexibility index (Phi) is 2.34. The summed E-state index contributed by atoms with van der Waals surface area (Å²) in [7, 11) is 0. The number of thiophene rings is 1. The lowest BCUT2D eigenvalue weighted by Crippen LogP contribution is -2.10. The van der Waals surface area contributed by atoms with E-state index in [0.29, 0.717) is 11.3 Å². The zero-order valence-electron chi connectivity index (χ0n) is 7.71. The van der Waals surface area contributed by atoms with Crippen LogP contribution in [0.25, 0.3) is 10.2 Å². The molecule has 2 heterocycles. The number of aromatic nitrogens is 1. The van der Waals surface area contributed by atoms with Crippen LogP contribution in [0.3, 0.4) is 0 Å². The maximum atomic E-state index is 12.4. The van der Waals surface area contributed by atoms with Crippen molar-refractivity contribution in [3.05, 3.63) is 28.8 Å². The van der Waals surface area contributed by atoms with Crippen LogP contribution >= 0.6 is 11.3 Å². The highest BCUT2D eigenvalue weighted by atomic mass is 32.1. The van der Waals surface area contributed by atoms with Crippen molar-refractivity contribution in [2.75, 3.05) is 0 Å². The Balaban J connectivity index is 2.59. The summed E-state index contributed by atoms with van der Waals surface area (Å²) in [4.78, 5) is 14.1. The zero-order chi connectivity index (χ0) is 11.9. The molecule has 0 aliphatic carbocycles. The lowest BCUT2D eigenvalue weighted by Gasteiger charge is -1.99. The van der Waals surface area contributed by atoms with E-state index in [1.807, 2.05) is 0 Å². The largest absolute Gasteiger partial charge is 0.425 e. The molecule has 0 unspecified atom stereocenters. The molecule has 2 aromatic rings. The van der Waals surface area contributed by atoms with Gasteiger partial charge < -0.3 is 5.73 Å². The molecule has 7 heteroatoms. The van der Waals surface area contributed by atoms with Gasteiger partial charge in [0.15, 0.2) is 0 Å². The number of nitrogens with zero attached hydrogens (tertiary/aromatic N) is 1. The van der Waals surface area contributed by atoms with Crippen molar-refractivity contribution in [2.24, 2.45) is 5.73 Å². The van der Waals surface area contributed by atoms with Gasteiger partial charge in [-0.05, 0) is 12.1 Å². The summed E-state index contributed by atoms with van der Waals surface area (Å²) in [5.74, 6) is -0.714. The summed E-state index contributed by atoms with van der Waals surface area (Å²) in [6.07, 6.45) is -3.22. The van der Waals surface area contributed by atoms with Crippen LogP contribution < -0.4 is 5.73 Å². The van der Waals surface area contributed by atoms with Crippen LogP contribution in [0.1, 0.15) is 15.2 Å². The first-order valence-electron chi connectivity index (χ1n) is 4.14. The number of carbonyl (C=O) groups is 1. The number of pyridine rings is 1. The summed E-state index contributed by atoms with van der Waals surface area (Å²) >= 11 is 0.536. The van der Waals surface area contributed by atoms with E-state index in [1.54, 1.807) is 0 Å². The van der Waals surface area contributed by atoms with Gasteiger partial charge in [-0.15, -0.1) is 11.3 Å². The average Bonchev–Trinajstić information content (AvgIpc) is 2.58. The van der Waals surface area contributed by atoms with Crippen LogP contribution in [0.5, 0.6) is 0 Å². The third kappa shape index (κ3) is 1.85. The SMILES string of the molecule is NC(=O)c1cnc2sc(C(F)(F)F)cc2c1. The number of hydrogen-bond acceptors (Lipinski definition) is 3. The summed E-state index contributed by atoms with van der Waals surface area (Å²) in [6.45, 7) is 0. The lowest BCUT2D eigenvalue weighted by atomic mass is 10.2. The number of nitrogens with two attached hydrogens (primary N) is 1. The Bertz CT molecular complexity index is 561. The first-order valence-corrected chi connectivity index (χ1v) is 4.96. The molecule has 0 aliphatic heterocycles. The smallest absolute Gasteiger partial charge is 0.366 e. The van der Waals surface area contributed by atoms with Crippen molar-refractivity contribution in [1.29, 1.82) is 0 Å². The van der Waals surface area contributed by atoms with E-state index in [0.717, 1.165) is 6.07 Å². The standard InChI is InChI=1S/C9H5F3N2OS/c10-9(11,12)6-2-4-1-5(7(13)15)3-14-8(4)16-6/h1-3H,(H2,13,15). The fraction of sp³-hybridized carbons (Fsp3) is 0.111. The molecule has 0 saturated carbocycles. The molecule has 0 aromatic carbocycles. The fourth-order valence-corrected chi connectivity index (χ4v) is 2.06. The van der Waals surface area contributed by atoms with Crippen molar-refractivity contribution >= 4 is 27.5 Å². The van der Waals surface area contributed by atoms with E-state index in [4.69, 9.17) is 5.73 Å². The first-order chi connectivity index (χ1) is 7.38. The third-order valence-corrected chi connectivity index (χ3v) is 3.04. The van der Waals surface area contributed by atoms with E-state index < -0.39 is 17.0 Å². The van der Waals surface area contributed by atoms with Gasteiger partial charge in [0.05, 0.1) is 5.56 Å². The Morgan fingerprint density at radius 2 is 2.06 bits per heavy atom. The second-order valence-corrected chi connectivity index (χ2v) is 4.12. The van der Waals surface area contributed by atoms with Crippen molar-refractivity contribution < 1.29 is 18.0 Å². The first kappa shape index (κ1) is 10.9. The topological polar surface area (TPSA) is 56.0 Å². The van der Waals surface area contributed by atoms with Crippen LogP contribution in [-0.2, 0) is 6.18 Å². The Labute approximate surface area is 91.7 Å². The van der Waals surface area contributed by atoms with Crippen LogP contribution in [0.4, 0.5) is 13.2 Å². The molecule has 0 radical (unpaired) electrons. The van der Waals surface area contributed by atoms with Crippen molar-refractivity contribution in [2.45, 2.75) is 6.18 Å². The van der Waals surface area contributed by atoms with Crippen molar-refractivity contribution in [3.8, 4) is 0 Å². The monoisotopic (exact) mass is 246 g/mol. The van der Waals surface area contributed by atoms with E-state index in [-0.39, 0.29) is 15.8 Å². The Hall–Kier alpha value is -1.63. The van der Waals surface area contributed by atoms with E-state index >= 15 is 0 Å². The summed E-state index contributed by atoms with van der Waals surface area (Å²) in [6, 6.07) is 2.26. The highest BCUT2D eigenvalue weighted by molar-refractivity contribution is 7.18. The molecule has 1 amide bonds. The summed E-state index contributed by atoms with van der Waals surface area (Å²) in [5.41, 5.74) is 5.10. The predicted molar refractivity (Wildman–Crippen MR) is 53.1 cm³/mol. The molecule has 0 aliphatic rings. The minimum absolute atomic E-state index is 0.0963. The Morgan fingerprint density at radius 1 is 1.38 bits per heavy atom. The zero-order valence-corrected chi connectivity index (χ0v) is 8.52. The molecule has 0 spiro atoms. The predicted octanol–water partition coefficient (Wildman–Crippen LogP) is 2.41. The van der Waals surface area contributed by atoms with Gasteiger partial charge in [-0.1, -0.05) is 0 Å². The number of carbonyl (C=O) groups excluding carboxylic acids is 1. The molecule has 0 saturated heterocycles. The van der Waals surface area contributed by atoms with Gasteiger partial charge >= 0.3 is 6.18 Å². The van der Waals surface area contributed by atoms with Gasteiger partial charge in [0.1, 0.15) is 9.71 Å². The molecular formula is C9H5F3N2OS. The molecule has 16 heavy (non-hydrogen) atoms. The second-order valence-electron chi connectivity index (χ2n) is 3.09. The van der Waals surface area contributed by atoms with Crippen LogP contribution in [0, 0.1) is 0 Å². The Morgan fingerprint density at radius 3 is 2.62 bits per heavy atom. The van der Waals surface area contributed by atoms with Crippen LogP contribution in [0.2, 0.25) is 0 Å². The number of amides is 1. The maximum Gasteiger partial charge on any atom is 0.425 e. The molecule has 84 valence electrons. The number of hydrogen-bond donors (Lipinski definition) is 1. The molecule has 0 bridgehead atoms. The average molecular weight is 246 g/mol. The van der Waals surface area contributed by atoms with Gasteiger partial charge in [0.2, 0.25) is 5.91 Å². The molecule has 2 rings (SSSR count). The molecule has 0 atom stereocenters. The van der Waals surface area contributed by atoms with Gasteiger partial charge in [-0.25, -0.2) is 4.98 Å². The van der Waals surface area contributed by atoms with Gasteiger partial charge in [-0.3, -0.25) is 4.79 Å². The highest BCUT2D eigenvalue weighted by Gasteiger charge is 2.33. The van der Waals surface area contributed by atoms with Crippen molar-refractivity contribution in [3.63, 3.8) is 0 Å². The summed E-state index contributed by atoms with van der Waals surface area (Å²) in [5, 5.41) is 0.272. The highest BCUT2D eigenvalue weighted by Crippen LogP contribution is 2.37. The summed E-state index contributed by atoms with van der Waals surface area (Å²) < 4.78 is 37.1. The molecule has 0 fully saturated rings. The van der Waals surface area contributed by atoms with Gasteiger partial charge in [0, 0.05) is 11.6 Å². The minimum Gasteiger partial charge on any atom is -0.366 e. The number of fused-ring (bicyclic) bond motifs is 1. The molecule has 2 N–H and O–H groups in total. The quantitative estimate of drug-likeness (QED) is 0.840.